The smallest absolute Gasteiger partial charge is 0.342 e. The van der Waals surface area contributed by atoms with E-state index in [1.807, 2.05) is 0 Å². The van der Waals surface area contributed by atoms with Crippen LogP contribution in [0.25, 0.3) is 0 Å². The SMILES string of the molecule is COC(=O)C(N=N)C(=O)N(CC(=O)OC(C)(C)C)c1ccc(OC)cc1. The molecule has 0 heterocycles. The second-order valence-corrected chi connectivity index (χ2v) is 6.26. The van der Waals surface area contributed by atoms with Crippen LogP contribution in [0.1, 0.15) is 20.8 Å². The van der Waals surface area contributed by atoms with Gasteiger partial charge in [0.25, 0.3) is 5.91 Å². The van der Waals surface area contributed by atoms with Gasteiger partial charge >= 0.3 is 11.9 Å². The molecule has 0 bridgehead atoms. The fraction of sp³-hybridized carbons (Fsp3) is 0.471. The highest BCUT2D eigenvalue weighted by Crippen LogP contribution is 2.21. The van der Waals surface area contributed by atoms with Gasteiger partial charge in [0.15, 0.2) is 0 Å². The molecular weight excluding hydrogens is 342 g/mol. The molecule has 0 spiro atoms. The lowest BCUT2D eigenvalue weighted by molar-refractivity contribution is -0.154. The monoisotopic (exact) mass is 365 g/mol. The van der Waals surface area contributed by atoms with E-state index in [4.69, 9.17) is 15.0 Å². The number of nitrogens with zero attached hydrogens (tertiary/aromatic N) is 2. The Bertz CT molecular complexity index is 666. The second kappa shape index (κ2) is 8.93. The van der Waals surface area contributed by atoms with Crippen LogP contribution in [-0.2, 0) is 23.9 Å². The molecule has 1 aromatic carbocycles. The lowest BCUT2D eigenvalue weighted by Crippen LogP contribution is -2.46. The summed E-state index contributed by atoms with van der Waals surface area (Å²) in [6, 6.07) is 4.56. The molecule has 0 fully saturated rings. The quantitative estimate of drug-likeness (QED) is 0.448. The summed E-state index contributed by atoms with van der Waals surface area (Å²) in [6.45, 7) is 4.63. The number of anilines is 1. The molecule has 1 unspecified atom stereocenters. The van der Waals surface area contributed by atoms with Crippen LogP contribution in [0.5, 0.6) is 5.75 Å². The van der Waals surface area contributed by atoms with E-state index in [0.717, 1.165) is 12.0 Å². The van der Waals surface area contributed by atoms with Crippen LogP contribution in [0.2, 0.25) is 0 Å². The van der Waals surface area contributed by atoms with Gasteiger partial charge < -0.3 is 14.2 Å². The molecule has 1 atom stereocenters. The maximum Gasteiger partial charge on any atom is 0.342 e. The number of carbonyl (C=O) groups excluding carboxylic acids is 3. The summed E-state index contributed by atoms with van der Waals surface area (Å²) in [4.78, 5) is 37.6. The Hall–Kier alpha value is -2.97. The maximum atomic E-state index is 12.7. The first-order chi connectivity index (χ1) is 12.1. The molecule has 1 N–H and O–H groups in total. The summed E-state index contributed by atoms with van der Waals surface area (Å²) in [7, 11) is 2.57. The molecule has 0 saturated heterocycles. The number of esters is 2. The van der Waals surface area contributed by atoms with Gasteiger partial charge in [-0.15, -0.1) is 0 Å². The molecule has 1 amide bonds. The van der Waals surface area contributed by atoms with Crippen LogP contribution in [-0.4, -0.2) is 50.3 Å². The van der Waals surface area contributed by atoms with E-state index in [2.05, 4.69) is 9.85 Å². The van der Waals surface area contributed by atoms with Crippen molar-refractivity contribution in [2.24, 2.45) is 5.11 Å². The Morgan fingerprint density at radius 2 is 1.73 bits per heavy atom. The maximum absolute atomic E-state index is 12.7. The highest BCUT2D eigenvalue weighted by atomic mass is 16.6. The molecule has 9 nitrogen and oxygen atoms in total. The van der Waals surface area contributed by atoms with Crippen molar-refractivity contribution in [3.63, 3.8) is 0 Å². The number of nitrogens with one attached hydrogen (secondary N) is 1. The van der Waals surface area contributed by atoms with Crippen molar-refractivity contribution in [2.75, 3.05) is 25.7 Å². The number of methoxy groups -OCH3 is 2. The van der Waals surface area contributed by atoms with Gasteiger partial charge in [-0.25, -0.2) is 10.3 Å². The van der Waals surface area contributed by atoms with Crippen molar-refractivity contribution in [3.05, 3.63) is 24.3 Å². The average molecular weight is 365 g/mol. The fourth-order valence-electron chi connectivity index (χ4n) is 2.03. The second-order valence-electron chi connectivity index (χ2n) is 6.26. The van der Waals surface area contributed by atoms with Crippen LogP contribution in [0.4, 0.5) is 5.69 Å². The number of benzene rings is 1. The number of rotatable bonds is 7. The number of hydrogen-bond donors (Lipinski definition) is 1. The Morgan fingerprint density at radius 3 is 2.15 bits per heavy atom. The molecule has 1 rings (SSSR count). The standard InChI is InChI=1S/C17H23N3O6/c1-17(2,3)26-13(21)10-20(11-6-8-12(24-4)9-7-11)15(22)14(19-18)16(23)25-5/h6-9,14,18H,10H2,1-5H3. The van der Waals surface area contributed by atoms with Crippen LogP contribution in [0, 0.1) is 5.53 Å². The summed E-state index contributed by atoms with van der Waals surface area (Å²) in [6.07, 6.45) is 0. The summed E-state index contributed by atoms with van der Waals surface area (Å²) < 4.78 is 14.8. The lowest BCUT2D eigenvalue weighted by atomic mass is 10.2. The average Bonchev–Trinajstić information content (AvgIpc) is 2.58. The van der Waals surface area contributed by atoms with Gasteiger partial charge in [0.05, 0.1) is 14.2 Å². The van der Waals surface area contributed by atoms with E-state index in [9.17, 15) is 14.4 Å². The van der Waals surface area contributed by atoms with E-state index in [0.29, 0.717) is 11.4 Å². The summed E-state index contributed by atoms with van der Waals surface area (Å²) in [5.74, 6) is -1.99. The van der Waals surface area contributed by atoms with Gasteiger partial charge in [-0.05, 0) is 45.0 Å². The van der Waals surface area contributed by atoms with Gasteiger partial charge in [0.1, 0.15) is 17.9 Å². The van der Waals surface area contributed by atoms with Crippen molar-refractivity contribution in [3.8, 4) is 5.75 Å². The summed E-state index contributed by atoms with van der Waals surface area (Å²) >= 11 is 0. The minimum absolute atomic E-state index is 0.319. The Labute approximate surface area is 151 Å². The van der Waals surface area contributed by atoms with Gasteiger partial charge in [-0.3, -0.25) is 14.5 Å². The minimum atomic E-state index is -1.70. The zero-order chi connectivity index (χ0) is 19.9. The molecule has 9 heteroatoms. The molecule has 142 valence electrons. The molecule has 0 radical (unpaired) electrons. The van der Waals surface area contributed by atoms with Crippen molar-refractivity contribution >= 4 is 23.5 Å². The van der Waals surface area contributed by atoms with Crippen molar-refractivity contribution in [1.82, 2.24) is 0 Å². The Kier molecular flexibility index (Phi) is 7.24. The number of hydrogen-bond acceptors (Lipinski definition) is 8. The number of carbonyl (C=O) groups is 3. The van der Waals surface area contributed by atoms with Crippen LogP contribution in [0.3, 0.4) is 0 Å². The van der Waals surface area contributed by atoms with Gasteiger partial charge in [0.2, 0.25) is 6.04 Å². The minimum Gasteiger partial charge on any atom is -0.497 e. The summed E-state index contributed by atoms with van der Waals surface area (Å²) in [5.41, 5.74) is 6.69. The molecule has 0 aliphatic heterocycles. The summed E-state index contributed by atoms with van der Waals surface area (Å²) in [5, 5.41) is 3.03. The van der Waals surface area contributed by atoms with Gasteiger partial charge in [0, 0.05) is 5.69 Å². The zero-order valence-electron chi connectivity index (χ0n) is 15.4. The molecule has 0 saturated carbocycles. The number of ether oxygens (including phenoxy) is 3. The Balaban J connectivity index is 3.18. The number of amides is 1. The highest BCUT2D eigenvalue weighted by Gasteiger charge is 2.34. The third-order valence-electron chi connectivity index (χ3n) is 3.14. The predicted octanol–water partition coefficient (Wildman–Crippen LogP) is 1.94. The highest BCUT2D eigenvalue weighted by molar-refractivity contribution is 6.11. The lowest BCUT2D eigenvalue weighted by Gasteiger charge is -2.26. The first-order valence-electron chi connectivity index (χ1n) is 7.74. The van der Waals surface area contributed by atoms with E-state index >= 15 is 0 Å². The molecular formula is C17H23N3O6. The van der Waals surface area contributed by atoms with E-state index in [-0.39, 0.29) is 0 Å². The topological polar surface area (TPSA) is 118 Å². The third-order valence-corrected chi connectivity index (χ3v) is 3.14. The Morgan fingerprint density at radius 1 is 1.15 bits per heavy atom. The van der Waals surface area contributed by atoms with Crippen LogP contribution < -0.4 is 9.64 Å². The molecule has 0 aliphatic rings. The first kappa shape index (κ1) is 21.1. The van der Waals surface area contributed by atoms with Gasteiger partial charge in [-0.1, -0.05) is 0 Å². The van der Waals surface area contributed by atoms with Crippen molar-refractivity contribution in [1.29, 1.82) is 5.53 Å². The van der Waals surface area contributed by atoms with E-state index < -0.39 is 36.0 Å². The normalized spacial score (nSPS) is 11.9. The molecule has 1 aromatic rings. The van der Waals surface area contributed by atoms with Crippen molar-refractivity contribution in [2.45, 2.75) is 32.4 Å². The van der Waals surface area contributed by atoms with E-state index in [1.54, 1.807) is 45.0 Å². The largest absolute Gasteiger partial charge is 0.497 e. The fourth-order valence-corrected chi connectivity index (χ4v) is 2.03. The first-order valence-corrected chi connectivity index (χ1v) is 7.74. The van der Waals surface area contributed by atoms with Gasteiger partial charge in [-0.2, -0.15) is 5.11 Å². The van der Waals surface area contributed by atoms with Crippen LogP contribution in [0.15, 0.2) is 29.4 Å². The predicted molar refractivity (Wildman–Crippen MR) is 92.1 cm³/mol. The van der Waals surface area contributed by atoms with Crippen molar-refractivity contribution < 1.29 is 28.6 Å². The molecule has 0 aliphatic carbocycles. The molecule has 26 heavy (non-hydrogen) atoms. The van der Waals surface area contributed by atoms with Crippen LogP contribution >= 0.6 is 0 Å². The zero-order valence-corrected chi connectivity index (χ0v) is 15.4. The van der Waals surface area contributed by atoms with E-state index in [1.165, 1.54) is 7.11 Å². The third kappa shape index (κ3) is 5.83. The molecule has 0 aromatic heterocycles.